The third kappa shape index (κ3) is 5.58. The Morgan fingerprint density at radius 2 is 2.04 bits per heavy atom. The zero-order chi connectivity index (χ0) is 19.2. The van der Waals surface area contributed by atoms with Gasteiger partial charge in [0.25, 0.3) is 0 Å². The first-order valence-corrected chi connectivity index (χ1v) is 9.31. The molecule has 0 aromatic rings. The van der Waals surface area contributed by atoms with Crippen molar-refractivity contribution >= 4 is 5.78 Å². The van der Waals surface area contributed by atoms with E-state index < -0.39 is 18.0 Å². The zero-order valence-corrected chi connectivity index (χ0v) is 15.2. The molecule has 1 fully saturated rings. The van der Waals surface area contributed by atoms with Crippen molar-refractivity contribution in [1.82, 2.24) is 10.2 Å². The summed E-state index contributed by atoms with van der Waals surface area (Å²) in [6.45, 7) is 5.11. The average molecular weight is 374 g/mol. The molecular weight excluding hydrogens is 345 g/mol. The number of carbonyl (C=O) groups is 1. The van der Waals surface area contributed by atoms with Crippen LogP contribution in [0.4, 0.5) is 13.2 Å². The van der Waals surface area contributed by atoms with Crippen LogP contribution < -0.4 is 5.32 Å². The quantitative estimate of drug-likeness (QED) is 0.651. The van der Waals surface area contributed by atoms with Crippen LogP contribution in [0.1, 0.15) is 44.9 Å². The molecule has 1 aliphatic carbocycles. The van der Waals surface area contributed by atoms with E-state index in [1.165, 1.54) is 0 Å². The third-order valence-electron chi connectivity index (χ3n) is 5.56. The second-order valence-electron chi connectivity index (χ2n) is 7.34. The first-order valence-electron chi connectivity index (χ1n) is 9.31. The van der Waals surface area contributed by atoms with Crippen LogP contribution in [0.2, 0.25) is 0 Å². The highest BCUT2D eigenvalue weighted by Crippen LogP contribution is 2.42. The second-order valence-corrected chi connectivity index (χ2v) is 7.34. The maximum absolute atomic E-state index is 12.8. The Kier molecular flexibility index (Phi) is 7.29. The SMILES string of the molecule is C=CC1=C(NCCC(F)(F)F)CCN(CC(=O)C2(CCO)CCCC2)C1. The van der Waals surface area contributed by atoms with Gasteiger partial charge >= 0.3 is 6.18 Å². The molecule has 1 heterocycles. The normalized spacial score (nSPS) is 21.1. The predicted octanol–water partition coefficient (Wildman–Crippen LogP) is 3.19. The summed E-state index contributed by atoms with van der Waals surface area (Å²) in [5, 5.41) is 12.2. The first kappa shape index (κ1) is 21.0. The fourth-order valence-electron chi connectivity index (χ4n) is 4.03. The lowest BCUT2D eigenvalue weighted by molar-refractivity contribution is -0.133. The molecule has 2 rings (SSSR count). The molecule has 0 unspecified atom stereocenters. The summed E-state index contributed by atoms with van der Waals surface area (Å²) in [5.74, 6) is 0.181. The largest absolute Gasteiger partial charge is 0.396 e. The van der Waals surface area contributed by atoms with Crippen LogP contribution in [-0.4, -0.2) is 54.8 Å². The minimum absolute atomic E-state index is 0.0246. The van der Waals surface area contributed by atoms with Gasteiger partial charge in [-0.15, -0.1) is 0 Å². The molecule has 1 aliphatic heterocycles. The van der Waals surface area contributed by atoms with Crippen LogP contribution in [0, 0.1) is 5.41 Å². The lowest BCUT2D eigenvalue weighted by Gasteiger charge is -2.33. The number of alkyl halides is 3. The molecule has 0 aromatic carbocycles. The minimum Gasteiger partial charge on any atom is -0.396 e. The molecule has 2 aliphatic rings. The second kappa shape index (κ2) is 9.04. The predicted molar refractivity (Wildman–Crippen MR) is 94.6 cm³/mol. The summed E-state index contributed by atoms with van der Waals surface area (Å²) in [5.41, 5.74) is 1.26. The molecule has 0 atom stereocenters. The van der Waals surface area contributed by atoms with Crippen molar-refractivity contribution < 1.29 is 23.1 Å². The molecule has 0 spiro atoms. The van der Waals surface area contributed by atoms with E-state index >= 15 is 0 Å². The number of nitrogens with one attached hydrogen (secondary N) is 1. The molecule has 148 valence electrons. The topological polar surface area (TPSA) is 52.6 Å². The van der Waals surface area contributed by atoms with Crippen LogP contribution in [0.5, 0.6) is 0 Å². The summed E-state index contributed by atoms with van der Waals surface area (Å²) in [6, 6.07) is 0. The lowest BCUT2D eigenvalue weighted by atomic mass is 9.78. The molecule has 0 amide bonds. The van der Waals surface area contributed by atoms with Gasteiger partial charge in [-0.25, -0.2) is 0 Å². The average Bonchev–Trinajstić information content (AvgIpc) is 3.05. The van der Waals surface area contributed by atoms with E-state index in [2.05, 4.69) is 11.9 Å². The highest BCUT2D eigenvalue weighted by atomic mass is 19.4. The van der Waals surface area contributed by atoms with Gasteiger partial charge in [0.15, 0.2) is 5.78 Å². The zero-order valence-electron chi connectivity index (χ0n) is 15.2. The minimum atomic E-state index is -4.17. The smallest absolute Gasteiger partial charge is 0.390 e. The van der Waals surface area contributed by atoms with Gasteiger partial charge in [-0.3, -0.25) is 9.69 Å². The number of Topliss-reactive ketones (excluding diaryl/α,β-unsaturated/α-hetero) is 1. The molecular formula is C19H29F3N2O2. The Morgan fingerprint density at radius 3 is 2.62 bits per heavy atom. The Labute approximate surface area is 153 Å². The van der Waals surface area contributed by atoms with Crippen LogP contribution in [0.25, 0.3) is 0 Å². The summed E-state index contributed by atoms with van der Waals surface area (Å²) in [7, 11) is 0. The molecule has 26 heavy (non-hydrogen) atoms. The van der Waals surface area contributed by atoms with Crippen molar-refractivity contribution in [1.29, 1.82) is 0 Å². The van der Waals surface area contributed by atoms with Crippen molar-refractivity contribution in [3.63, 3.8) is 0 Å². The Hall–Kier alpha value is -1.34. The number of ketones is 1. The summed E-state index contributed by atoms with van der Waals surface area (Å²) >= 11 is 0. The fourth-order valence-corrected chi connectivity index (χ4v) is 4.03. The van der Waals surface area contributed by atoms with Gasteiger partial charge in [0.2, 0.25) is 0 Å². The molecule has 7 heteroatoms. The number of hydrogen-bond acceptors (Lipinski definition) is 4. The maximum atomic E-state index is 12.8. The van der Waals surface area contributed by atoms with E-state index in [4.69, 9.17) is 0 Å². The maximum Gasteiger partial charge on any atom is 0.390 e. The molecule has 0 radical (unpaired) electrons. The third-order valence-corrected chi connectivity index (χ3v) is 5.56. The highest BCUT2D eigenvalue weighted by molar-refractivity contribution is 5.87. The highest BCUT2D eigenvalue weighted by Gasteiger charge is 2.40. The van der Waals surface area contributed by atoms with Gasteiger partial charge in [0, 0.05) is 43.8 Å². The Morgan fingerprint density at radius 1 is 1.35 bits per heavy atom. The number of rotatable bonds is 9. The van der Waals surface area contributed by atoms with E-state index in [9.17, 15) is 23.1 Å². The van der Waals surface area contributed by atoms with Gasteiger partial charge in [-0.05, 0) is 24.8 Å². The van der Waals surface area contributed by atoms with Gasteiger partial charge in [0.05, 0.1) is 13.0 Å². The van der Waals surface area contributed by atoms with Gasteiger partial charge < -0.3 is 10.4 Å². The van der Waals surface area contributed by atoms with Crippen molar-refractivity contribution in [3.05, 3.63) is 23.9 Å². The molecule has 0 aromatic heterocycles. The number of nitrogens with zero attached hydrogens (tertiary/aromatic N) is 1. The monoisotopic (exact) mass is 374 g/mol. The van der Waals surface area contributed by atoms with Crippen LogP contribution in [-0.2, 0) is 4.79 Å². The summed E-state index contributed by atoms with van der Waals surface area (Å²) < 4.78 is 36.9. The Balaban J connectivity index is 1.93. The van der Waals surface area contributed by atoms with Crippen LogP contribution in [0.15, 0.2) is 23.9 Å². The molecule has 0 bridgehead atoms. The van der Waals surface area contributed by atoms with E-state index in [0.29, 0.717) is 32.5 Å². The van der Waals surface area contributed by atoms with Crippen LogP contribution >= 0.6 is 0 Å². The lowest BCUT2D eigenvalue weighted by Crippen LogP contribution is -2.43. The molecule has 1 saturated carbocycles. The van der Waals surface area contributed by atoms with Crippen molar-refractivity contribution in [2.75, 3.05) is 32.8 Å². The molecule has 4 nitrogen and oxygen atoms in total. The Bertz CT molecular complexity index is 537. The van der Waals surface area contributed by atoms with E-state index in [0.717, 1.165) is 37.0 Å². The van der Waals surface area contributed by atoms with E-state index in [1.54, 1.807) is 6.08 Å². The van der Waals surface area contributed by atoms with Crippen molar-refractivity contribution in [2.24, 2.45) is 5.41 Å². The standard InChI is InChI=1S/C19H29F3N2O2/c1-2-15-13-24(11-5-16(15)23-10-8-19(20,21)22)14-17(26)18(9-12-25)6-3-4-7-18/h2,23,25H,1,3-14H2. The molecule has 2 N–H and O–H groups in total. The van der Waals surface area contributed by atoms with Gasteiger partial charge in [0.1, 0.15) is 0 Å². The van der Waals surface area contributed by atoms with Crippen LogP contribution in [0.3, 0.4) is 0 Å². The van der Waals surface area contributed by atoms with E-state index in [1.807, 2.05) is 4.90 Å². The molecule has 0 saturated heterocycles. The van der Waals surface area contributed by atoms with Gasteiger partial charge in [-0.1, -0.05) is 25.5 Å². The number of hydrogen-bond donors (Lipinski definition) is 2. The number of aliphatic hydroxyl groups excluding tert-OH is 1. The summed E-state index contributed by atoms with van der Waals surface area (Å²) in [6.07, 6.45) is 1.46. The number of halogens is 3. The first-order chi connectivity index (χ1) is 12.3. The van der Waals surface area contributed by atoms with Gasteiger partial charge in [-0.2, -0.15) is 13.2 Å². The van der Waals surface area contributed by atoms with Crippen molar-refractivity contribution in [2.45, 2.75) is 51.1 Å². The van der Waals surface area contributed by atoms with E-state index in [-0.39, 0.29) is 18.9 Å². The van der Waals surface area contributed by atoms with Crippen molar-refractivity contribution in [3.8, 4) is 0 Å². The number of aliphatic hydroxyl groups is 1. The summed E-state index contributed by atoms with van der Waals surface area (Å²) in [4.78, 5) is 14.9. The fraction of sp³-hybridized carbons (Fsp3) is 0.737. The number of carbonyl (C=O) groups excluding carboxylic acids is 1.